The summed E-state index contributed by atoms with van der Waals surface area (Å²) in [6, 6.07) is 7.86. The fraction of sp³-hybridized carbons (Fsp3) is 0.400. The van der Waals surface area contributed by atoms with Crippen LogP contribution in [0.3, 0.4) is 0 Å². The van der Waals surface area contributed by atoms with Gasteiger partial charge in [0.05, 0.1) is 30.0 Å². The molecule has 0 unspecified atom stereocenters. The number of aromatic nitrogens is 2. The Morgan fingerprint density at radius 3 is 2.62 bits per heavy atom. The highest BCUT2D eigenvalue weighted by atomic mass is 16.5. The number of piperazine rings is 1. The molecule has 0 aliphatic carbocycles. The molecule has 1 saturated heterocycles. The Labute approximate surface area is 123 Å². The van der Waals surface area contributed by atoms with Gasteiger partial charge in [-0.1, -0.05) is 12.1 Å². The maximum Gasteiger partial charge on any atom is 0.409 e. The van der Waals surface area contributed by atoms with Crippen molar-refractivity contribution in [3.63, 3.8) is 0 Å². The summed E-state index contributed by atoms with van der Waals surface area (Å²) in [6.07, 6.45) is 1.58. The Balaban J connectivity index is 1.63. The third-order valence-electron chi connectivity index (χ3n) is 3.69. The van der Waals surface area contributed by atoms with Gasteiger partial charge in [-0.15, -0.1) is 0 Å². The third-order valence-corrected chi connectivity index (χ3v) is 3.69. The molecule has 1 aromatic carbocycles. The maximum absolute atomic E-state index is 11.4. The van der Waals surface area contributed by atoms with E-state index < -0.39 is 0 Å². The molecule has 0 N–H and O–H groups in total. The monoisotopic (exact) mass is 286 g/mol. The topological polar surface area (TPSA) is 58.6 Å². The Bertz CT molecular complexity index is 638. The number of methoxy groups -OCH3 is 1. The molecule has 0 atom stereocenters. The standard InChI is InChI=1S/C15H18N4O2/c1-21-15(20)19-8-6-18(7-9-19)11-12-10-16-13-4-2-3-5-14(13)17-12/h2-5,10H,6-9,11H2,1H3. The van der Waals surface area contributed by atoms with Gasteiger partial charge >= 0.3 is 6.09 Å². The van der Waals surface area contributed by atoms with Gasteiger partial charge in [0.25, 0.3) is 0 Å². The van der Waals surface area contributed by atoms with Gasteiger partial charge in [-0.3, -0.25) is 9.88 Å². The summed E-state index contributed by atoms with van der Waals surface area (Å²) in [7, 11) is 1.42. The lowest BCUT2D eigenvalue weighted by atomic mass is 10.2. The average Bonchev–Trinajstić information content (AvgIpc) is 2.55. The molecule has 0 bridgehead atoms. The second-order valence-corrected chi connectivity index (χ2v) is 5.08. The normalized spacial score (nSPS) is 16.1. The van der Waals surface area contributed by atoms with E-state index in [2.05, 4.69) is 14.9 Å². The maximum atomic E-state index is 11.4. The van der Waals surface area contributed by atoms with Gasteiger partial charge in [0, 0.05) is 32.7 Å². The van der Waals surface area contributed by atoms with Gasteiger partial charge in [0.2, 0.25) is 0 Å². The zero-order chi connectivity index (χ0) is 14.7. The highest BCUT2D eigenvalue weighted by molar-refractivity contribution is 5.73. The molecule has 2 aromatic rings. The van der Waals surface area contributed by atoms with Crippen molar-refractivity contribution in [1.82, 2.24) is 19.8 Å². The van der Waals surface area contributed by atoms with Crippen molar-refractivity contribution in [1.29, 1.82) is 0 Å². The van der Waals surface area contributed by atoms with E-state index in [0.29, 0.717) is 13.1 Å². The molecule has 0 spiro atoms. The first-order valence-electron chi connectivity index (χ1n) is 7.02. The number of para-hydroxylation sites is 2. The van der Waals surface area contributed by atoms with Crippen molar-refractivity contribution in [3.8, 4) is 0 Å². The average molecular weight is 286 g/mol. The highest BCUT2D eigenvalue weighted by Gasteiger charge is 2.21. The fourth-order valence-corrected chi connectivity index (χ4v) is 2.52. The molecule has 1 fully saturated rings. The number of hydrogen-bond acceptors (Lipinski definition) is 5. The lowest BCUT2D eigenvalue weighted by Crippen LogP contribution is -2.48. The van der Waals surface area contributed by atoms with Gasteiger partial charge in [-0.2, -0.15) is 0 Å². The number of rotatable bonds is 2. The number of amides is 1. The van der Waals surface area contributed by atoms with Gasteiger partial charge in [-0.25, -0.2) is 9.78 Å². The summed E-state index contributed by atoms with van der Waals surface area (Å²) < 4.78 is 4.74. The molecule has 21 heavy (non-hydrogen) atoms. The van der Waals surface area contributed by atoms with Crippen LogP contribution < -0.4 is 0 Å². The number of fused-ring (bicyclic) bond motifs is 1. The molecule has 6 nitrogen and oxygen atoms in total. The van der Waals surface area contributed by atoms with Crippen molar-refractivity contribution in [3.05, 3.63) is 36.2 Å². The predicted octanol–water partition coefficient (Wildman–Crippen LogP) is 1.51. The smallest absolute Gasteiger partial charge is 0.409 e. The van der Waals surface area contributed by atoms with E-state index in [1.54, 1.807) is 4.90 Å². The van der Waals surface area contributed by atoms with Crippen LogP contribution in [0.2, 0.25) is 0 Å². The van der Waals surface area contributed by atoms with Gasteiger partial charge in [0.1, 0.15) is 0 Å². The van der Waals surface area contributed by atoms with Crippen molar-refractivity contribution in [2.24, 2.45) is 0 Å². The molecular weight excluding hydrogens is 268 g/mol. The first kappa shape index (κ1) is 13.8. The van der Waals surface area contributed by atoms with Crippen LogP contribution in [-0.4, -0.2) is 59.1 Å². The van der Waals surface area contributed by atoms with E-state index in [4.69, 9.17) is 4.74 Å². The number of hydrogen-bond donors (Lipinski definition) is 0. The lowest BCUT2D eigenvalue weighted by Gasteiger charge is -2.33. The predicted molar refractivity (Wildman–Crippen MR) is 78.8 cm³/mol. The second-order valence-electron chi connectivity index (χ2n) is 5.08. The Hall–Kier alpha value is -2.21. The van der Waals surface area contributed by atoms with Crippen LogP contribution in [0.5, 0.6) is 0 Å². The summed E-state index contributed by atoms with van der Waals surface area (Å²) in [5.41, 5.74) is 2.79. The van der Waals surface area contributed by atoms with Crippen LogP contribution in [0.25, 0.3) is 11.0 Å². The molecule has 0 radical (unpaired) electrons. The molecule has 0 saturated carbocycles. The van der Waals surface area contributed by atoms with Gasteiger partial charge in [0.15, 0.2) is 0 Å². The van der Waals surface area contributed by atoms with Crippen molar-refractivity contribution in [2.45, 2.75) is 6.54 Å². The molecule has 1 aromatic heterocycles. The van der Waals surface area contributed by atoms with Crippen molar-refractivity contribution in [2.75, 3.05) is 33.3 Å². The van der Waals surface area contributed by atoms with Crippen molar-refractivity contribution >= 4 is 17.1 Å². The van der Waals surface area contributed by atoms with Gasteiger partial charge < -0.3 is 9.64 Å². The minimum Gasteiger partial charge on any atom is -0.453 e. The molecule has 110 valence electrons. The summed E-state index contributed by atoms with van der Waals surface area (Å²) >= 11 is 0. The quantitative estimate of drug-likeness (QED) is 0.837. The number of nitrogens with zero attached hydrogens (tertiary/aromatic N) is 4. The van der Waals surface area contributed by atoms with E-state index in [1.807, 2.05) is 30.5 Å². The summed E-state index contributed by atoms with van der Waals surface area (Å²) in [4.78, 5) is 24.5. The second kappa shape index (κ2) is 6.05. The molecule has 1 aliphatic heterocycles. The summed E-state index contributed by atoms with van der Waals surface area (Å²) in [5.74, 6) is 0. The number of ether oxygens (including phenoxy) is 1. The van der Waals surface area contributed by atoms with Crippen LogP contribution in [0.15, 0.2) is 30.5 Å². The summed E-state index contributed by atoms with van der Waals surface area (Å²) in [5, 5.41) is 0. The van der Waals surface area contributed by atoms with Crippen LogP contribution in [0.1, 0.15) is 5.69 Å². The first-order valence-corrected chi connectivity index (χ1v) is 7.02. The largest absolute Gasteiger partial charge is 0.453 e. The first-order chi connectivity index (χ1) is 10.3. The van der Waals surface area contributed by atoms with E-state index in [9.17, 15) is 4.79 Å². The van der Waals surface area contributed by atoms with Gasteiger partial charge in [-0.05, 0) is 12.1 Å². The summed E-state index contributed by atoms with van der Waals surface area (Å²) in [6.45, 7) is 3.78. The van der Waals surface area contributed by atoms with Crippen LogP contribution >= 0.6 is 0 Å². The number of benzene rings is 1. The van der Waals surface area contributed by atoms with Crippen LogP contribution in [-0.2, 0) is 11.3 Å². The Morgan fingerprint density at radius 1 is 1.19 bits per heavy atom. The number of carbonyl (C=O) groups is 1. The SMILES string of the molecule is COC(=O)N1CCN(Cc2cnc3ccccc3n2)CC1. The Morgan fingerprint density at radius 2 is 1.90 bits per heavy atom. The molecule has 6 heteroatoms. The third kappa shape index (κ3) is 3.11. The fourth-order valence-electron chi connectivity index (χ4n) is 2.52. The molecule has 1 amide bonds. The van der Waals surface area contributed by atoms with E-state index in [1.165, 1.54) is 7.11 Å². The highest BCUT2D eigenvalue weighted by Crippen LogP contribution is 2.11. The lowest BCUT2D eigenvalue weighted by molar-refractivity contribution is 0.0885. The van der Waals surface area contributed by atoms with Crippen molar-refractivity contribution < 1.29 is 9.53 Å². The van der Waals surface area contributed by atoms with Crippen LogP contribution in [0.4, 0.5) is 4.79 Å². The van der Waals surface area contributed by atoms with E-state index in [-0.39, 0.29) is 6.09 Å². The molecule has 3 rings (SSSR count). The molecule has 1 aliphatic rings. The minimum atomic E-state index is -0.250. The van der Waals surface area contributed by atoms with E-state index in [0.717, 1.165) is 36.4 Å². The minimum absolute atomic E-state index is 0.250. The van der Waals surface area contributed by atoms with Crippen LogP contribution in [0, 0.1) is 0 Å². The number of carbonyl (C=O) groups excluding carboxylic acids is 1. The zero-order valence-corrected chi connectivity index (χ0v) is 12.0. The molecular formula is C15H18N4O2. The van der Waals surface area contributed by atoms with E-state index >= 15 is 0 Å². The molecule has 2 heterocycles. The Kier molecular flexibility index (Phi) is 3.96. The zero-order valence-electron chi connectivity index (χ0n) is 12.0.